The minimum absolute atomic E-state index is 0.154. The molecule has 0 fully saturated rings. The average Bonchev–Trinajstić information content (AvgIpc) is 3.18. The number of benzene rings is 3. The van der Waals surface area contributed by atoms with Gasteiger partial charge >= 0.3 is 0 Å². The molecule has 0 aliphatic rings. The summed E-state index contributed by atoms with van der Waals surface area (Å²) in [5.74, 6) is -0.532. The normalized spacial score (nSPS) is 10.9. The number of hydrogen-bond donors (Lipinski definition) is 0. The second kappa shape index (κ2) is 8.12. The number of anilines is 1. The zero-order valence-corrected chi connectivity index (χ0v) is 16.8. The van der Waals surface area contributed by atoms with Gasteiger partial charge in [0.15, 0.2) is 5.13 Å². The van der Waals surface area contributed by atoms with Crippen molar-refractivity contribution in [2.45, 2.75) is 11.4 Å². The Bertz CT molecular complexity index is 1130. The number of carbonyl (C=O) groups is 1. The third-order valence-corrected chi connectivity index (χ3v) is 6.10. The molecule has 140 valence electrons. The predicted molar refractivity (Wildman–Crippen MR) is 115 cm³/mol. The van der Waals surface area contributed by atoms with Gasteiger partial charge in [-0.2, -0.15) is 0 Å². The molecule has 0 saturated heterocycles. The predicted octanol–water partition coefficient (Wildman–Crippen LogP) is 6.00. The SMILES string of the molecule is CSc1cccc(C(=O)N(Cc2ccccc2)c2nc3c(F)cccc3s2)c1. The topological polar surface area (TPSA) is 33.2 Å². The van der Waals surface area contributed by atoms with Crippen molar-refractivity contribution in [1.29, 1.82) is 0 Å². The molecule has 0 radical (unpaired) electrons. The molecule has 1 aromatic heterocycles. The molecule has 4 rings (SSSR count). The lowest BCUT2D eigenvalue weighted by atomic mass is 10.1. The van der Waals surface area contributed by atoms with E-state index < -0.39 is 0 Å². The molecule has 0 saturated carbocycles. The van der Waals surface area contributed by atoms with Gasteiger partial charge in [-0.15, -0.1) is 11.8 Å². The Hall–Kier alpha value is -2.70. The lowest BCUT2D eigenvalue weighted by molar-refractivity contribution is 0.0985. The van der Waals surface area contributed by atoms with Crippen molar-refractivity contribution in [1.82, 2.24) is 4.98 Å². The quantitative estimate of drug-likeness (QED) is 0.380. The lowest BCUT2D eigenvalue weighted by Gasteiger charge is -2.20. The summed E-state index contributed by atoms with van der Waals surface area (Å²) >= 11 is 2.90. The van der Waals surface area contributed by atoms with E-state index in [0.717, 1.165) is 15.2 Å². The molecule has 3 aromatic carbocycles. The van der Waals surface area contributed by atoms with E-state index in [1.54, 1.807) is 28.8 Å². The number of hydrogen-bond acceptors (Lipinski definition) is 4. The van der Waals surface area contributed by atoms with E-state index in [4.69, 9.17) is 0 Å². The fraction of sp³-hybridized carbons (Fsp3) is 0.0909. The highest BCUT2D eigenvalue weighted by Crippen LogP contribution is 2.32. The molecule has 28 heavy (non-hydrogen) atoms. The summed E-state index contributed by atoms with van der Waals surface area (Å²) in [7, 11) is 0. The second-order valence-electron chi connectivity index (χ2n) is 6.19. The van der Waals surface area contributed by atoms with Gasteiger partial charge in [-0.3, -0.25) is 9.69 Å². The van der Waals surface area contributed by atoms with Crippen LogP contribution in [0.5, 0.6) is 0 Å². The number of amides is 1. The van der Waals surface area contributed by atoms with Gasteiger partial charge in [-0.25, -0.2) is 9.37 Å². The summed E-state index contributed by atoms with van der Waals surface area (Å²) in [6.07, 6.45) is 1.97. The summed E-state index contributed by atoms with van der Waals surface area (Å²) in [5, 5.41) is 0.489. The van der Waals surface area contributed by atoms with E-state index in [-0.39, 0.29) is 11.7 Å². The summed E-state index contributed by atoms with van der Waals surface area (Å²) in [6.45, 7) is 0.366. The van der Waals surface area contributed by atoms with Crippen LogP contribution < -0.4 is 4.90 Å². The molecule has 0 aliphatic heterocycles. The van der Waals surface area contributed by atoms with Crippen LogP contribution in [0.2, 0.25) is 0 Å². The molecule has 1 amide bonds. The van der Waals surface area contributed by atoms with E-state index in [0.29, 0.717) is 22.8 Å². The zero-order valence-electron chi connectivity index (χ0n) is 15.1. The monoisotopic (exact) mass is 408 g/mol. The summed E-state index contributed by atoms with van der Waals surface area (Å²) < 4.78 is 14.9. The lowest BCUT2D eigenvalue weighted by Crippen LogP contribution is -2.30. The average molecular weight is 409 g/mol. The van der Waals surface area contributed by atoms with Crippen LogP contribution in [-0.2, 0) is 6.54 Å². The number of carbonyl (C=O) groups excluding carboxylic acids is 1. The first kappa shape index (κ1) is 18.7. The first-order valence-electron chi connectivity index (χ1n) is 8.70. The van der Waals surface area contributed by atoms with E-state index in [2.05, 4.69) is 4.98 Å². The second-order valence-corrected chi connectivity index (χ2v) is 8.08. The van der Waals surface area contributed by atoms with Crippen LogP contribution in [0.15, 0.2) is 77.7 Å². The zero-order chi connectivity index (χ0) is 19.5. The van der Waals surface area contributed by atoms with Gasteiger partial charge in [0.05, 0.1) is 11.2 Å². The molecule has 3 nitrogen and oxygen atoms in total. The molecule has 6 heteroatoms. The van der Waals surface area contributed by atoms with Gasteiger partial charge < -0.3 is 0 Å². The maximum atomic E-state index is 14.2. The number of para-hydroxylation sites is 1. The fourth-order valence-corrected chi connectivity index (χ4v) is 4.36. The van der Waals surface area contributed by atoms with Crippen LogP contribution in [0.3, 0.4) is 0 Å². The molecule has 0 N–H and O–H groups in total. The van der Waals surface area contributed by atoms with Gasteiger partial charge in [-0.05, 0) is 42.2 Å². The number of halogens is 1. The van der Waals surface area contributed by atoms with Crippen molar-refractivity contribution in [3.63, 3.8) is 0 Å². The summed E-state index contributed by atoms with van der Waals surface area (Å²) in [6, 6.07) is 22.1. The molecular formula is C22H17FN2OS2. The maximum absolute atomic E-state index is 14.2. The van der Waals surface area contributed by atoms with Crippen molar-refractivity contribution < 1.29 is 9.18 Å². The number of thioether (sulfide) groups is 1. The summed E-state index contributed by atoms with van der Waals surface area (Å²) in [5.41, 5.74) is 1.87. The Morgan fingerprint density at radius 2 is 1.86 bits per heavy atom. The van der Waals surface area contributed by atoms with Crippen molar-refractivity contribution in [2.75, 3.05) is 11.2 Å². The van der Waals surface area contributed by atoms with Crippen LogP contribution >= 0.6 is 23.1 Å². The Kier molecular flexibility index (Phi) is 5.41. The number of fused-ring (bicyclic) bond motifs is 1. The van der Waals surface area contributed by atoms with Crippen LogP contribution in [0.25, 0.3) is 10.2 Å². The standard InChI is InChI=1S/C22H17FN2OS2/c1-27-17-10-5-9-16(13-17)21(26)25(14-15-7-3-2-4-8-15)22-24-20-18(23)11-6-12-19(20)28-22/h2-13H,14H2,1H3. The highest BCUT2D eigenvalue weighted by molar-refractivity contribution is 7.98. The minimum atomic E-state index is -0.378. The maximum Gasteiger partial charge on any atom is 0.260 e. The van der Waals surface area contributed by atoms with Crippen LogP contribution in [0.4, 0.5) is 9.52 Å². The Balaban J connectivity index is 1.78. The first-order chi connectivity index (χ1) is 13.7. The van der Waals surface area contributed by atoms with Gasteiger partial charge in [0.2, 0.25) is 0 Å². The molecule has 0 spiro atoms. The van der Waals surface area contributed by atoms with E-state index >= 15 is 0 Å². The third-order valence-electron chi connectivity index (χ3n) is 4.33. The molecular weight excluding hydrogens is 391 g/mol. The number of nitrogens with zero attached hydrogens (tertiary/aromatic N) is 2. The van der Waals surface area contributed by atoms with Gasteiger partial charge in [-0.1, -0.05) is 53.8 Å². The minimum Gasteiger partial charge on any atom is -0.279 e. The molecule has 0 atom stereocenters. The Morgan fingerprint density at radius 3 is 2.61 bits per heavy atom. The highest BCUT2D eigenvalue weighted by atomic mass is 32.2. The number of aromatic nitrogens is 1. The first-order valence-corrected chi connectivity index (χ1v) is 10.7. The highest BCUT2D eigenvalue weighted by Gasteiger charge is 2.22. The number of rotatable bonds is 5. The smallest absolute Gasteiger partial charge is 0.260 e. The van der Waals surface area contributed by atoms with Crippen molar-refractivity contribution in [2.24, 2.45) is 0 Å². The van der Waals surface area contributed by atoms with Gasteiger partial charge in [0, 0.05) is 10.5 Å². The van der Waals surface area contributed by atoms with Gasteiger partial charge in [0.1, 0.15) is 11.3 Å². The Labute approximate surface area is 170 Å². The van der Waals surface area contributed by atoms with Crippen LogP contribution in [-0.4, -0.2) is 17.1 Å². The Morgan fingerprint density at radius 1 is 1.07 bits per heavy atom. The third kappa shape index (κ3) is 3.79. The molecule has 0 unspecified atom stereocenters. The van der Waals surface area contributed by atoms with Crippen molar-refractivity contribution >= 4 is 44.4 Å². The molecule has 0 bridgehead atoms. The molecule has 1 heterocycles. The molecule has 4 aromatic rings. The van der Waals surface area contributed by atoms with E-state index in [1.165, 1.54) is 17.4 Å². The van der Waals surface area contributed by atoms with E-state index in [1.807, 2.05) is 60.9 Å². The van der Waals surface area contributed by atoms with Gasteiger partial charge in [0.25, 0.3) is 5.91 Å². The molecule has 0 aliphatic carbocycles. The summed E-state index contributed by atoms with van der Waals surface area (Å²) in [4.78, 5) is 20.4. The van der Waals surface area contributed by atoms with E-state index in [9.17, 15) is 9.18 Å². The van der Waals surface area contributed by atoms with Crippen LogP contribution in [0.1, 0.15) is 15.9 Å². The number of thiazole rings is 1. The fourth-order valence-electron chi connectivity index (χ4n) is 2.92. The van der Waals surface area contributed by atoms with Crippen molar-refractivity contribution in [3.8, 4) is 0 Å². The largest absolute Gasteiger partial charge is 0.279 e. The van der Waals surface area contributed by atoms with Crippen LogP contribution in [0, 0.1) is 5.82 Å². The van der Waals surface area contributed by atoms with Crippen molar-refractivity contribution in [3.05, 3.63) is 89.7 Å².